The zero-order valence-electron chi connectivity index (χ0n) is 36.2. The van der Waals surface area contributed by atoms with Crippen molar-refractivity contribution in [2.24, 2.45) is 0 Å². The van der Waals surface area contributed by atoms with Crippen molar-refractivity contribution in [3.8, 4) is 62.1 Å². The van der Waals surface area contributed by atoms with Crippen LogP contribution in [-0.4, -0.2) is 14.5 Å². The molecule has 0 saturated carbocycles. The molecule has 0 bridgehead atoms. The molecule has 0 N–H and O–H groups in total. The van der Waals surface area contributed by atoms with Crippen molar-refractivity contribution in [2.45, 2.75) is 26.2 Å². The molecule has 0 aliphatic heterocycles. The summed E-state index contributed by atoms with van der Waals surface area (Å²) in [5.74, 6) is 0.422. The highest BCUT2D eigenvalue weighted by molar-refractivity contribution is 6.14. The van der Waals surface area contributed by atoms with Gasteiger partial charge in [0.25, 0.3) is 0 Å². The fourth-order valence-corrected chi connectivity index (χ4v) is 8.90. The molecule has 0 amide bonds. The van der Waals surface area contributed by atoms with E-state index in [2.05, 4.69) is 84.9 Å². The topological polar surface area (TPSA) is 53.1 Å². The van der Waals surface area contributed by atoms with Crippen molar-refractivity contribution < 1.29 is 22.3 Å². The highest BCUT2D eigenvalue weighted by Gasteiger charge is 2.27. The molecule has 0 saturated heterocycles. The highest BCUT2D eigenvalue weighted by atomic mass is 19.3. The number of nitrogens with zero attached hydrogens (tertiary/aromatic N) is 3. The molecule has 11 rings (SSSR count). The molecule has 0 unspecified atom stereocenters. The van der Waals surface area contributed by atoms with E-state index in [1.807, 2.05) is 103 Å². The van der Waals surface area contributed by atoms with E-state index in [9.17, 15) is 13.2 Å². The van der Waals surface area contributed by atoms with Gasteiger partial charge in [0.2, 0.25) is 0 Å². The number of rotatable bonds is 8. The molecule has 5 nitrogen and oxygen atoms in total. The number of ether oxygens (including phenoxy) is 1. The number of halogens is 3. The average molecular weight is 868 g/mol. The third kappa shape index (κ3) is 7.36. The lowest BCUT2D eigenvalue weighted by Crippen LogP contribution is -2.16. The number of hydrogen-bond acceptors (Lipinski definition) is 4. The summed E-state index contributed by atoms with van der Waals surface area (Å²) in [7, 11) is 0. The summed E-state index contributed by atoms with van der Waals surface area (Å²) in [5, 5.41) is 3.62. The van der Waals surface area contributed by atoms with Crippen LogP contribution in [-0.2, 0) is 5.41 Å². The first-order valence-electron chi connectivity index (χ1n) is 21.7. The average Bonchev–Trinajstić information content (AvgIpc) is 3.91. The van der Waals surface area contributed by atoms with Gasteiger partial charge in [-0.3, -0.25) is 9.55 Å². The smallest absolute Gasteiger partial charge is 0.306 e. The largest absolute Gasteiger partial charge is 0.457 e. The first-order valence-corrected chi connectivity index (χ1v) is 21.7. The van der Waals surface area contributed by atoms with E-state index in [1.54, 1.807) is 18.3 Å². The first kappa shape index (κ1) is 40.5. The molecule has 0 aliphatic carbocycles. The Kier molecular flexibility index (Phi) is 9.88. The lowest BCUT2D eigenvalue weighted by atomic mass is 9.83. The summed E-state index contributed by atoms with van der Waals surface area (Å²) in [6.07, 6.45) is -0.565. The van der Waals surface area contributed by atoms with E-state index in [1.165, 1.54) is 12.1 Å². The Bertz CT molecular complexity index is 3680. The highest BCUT2D eigenvalue weighted by Crippen LogP contribution is 2.44. The zero-order chi connectivity index (χ0) is 45.1. The van der Waals surface area contributed by atoms with Crippen LogP contribution in [0.1, 0.15) is 31.9 Å². The Morgan fingerprint density at radius 2 is 1.30 bits per heavy atom. The normalized spacial score (nSPS) is 11.8. The van der Waals surface area contributed by atoms with Crippen LogP contribution in [0.5, 0.6) is 11.5 Å². The van der Waals surface area contributed by atoms with Crippen molar-refractivity contribution in [1.82, 2.24) is 14.5 Å². The van der Waals surface area contributed by atoms with Crippen LogP contribution in [0.3, 0.4) is 0 Å². The summed E-state index contributed by atoms with van der Waals surface area (Å²) >= 11 is 0. The number of pyridine rings is 1. The van der Waals surface area contributed by atoms with Gasteiger partial charge >= 0.3 is 6.08 Å². The van der Waals surface area contributed by atoms with Crippen LogP contribution in [0, 0.1) is 0 Å². The summed E-state index contributed by atoms with van der Waals surface area (Å²) in [5.41, 5.74) is 11.2. The maximum Gasteiger partial charge on any atom is 0.306 e. The summed E-state index contributed by atoms with van der Waals surface area (Å²) in [6, 6.07) is 59.2. The van der Waals surface area contributed by atoms with Gasteiger partial charge in [0.15, 0.2) is 5.83 Å². The van der Waals surface area contributed by atoms with Gasteiger partial charge in [0, 0.05) is 28.1 Å². The molecular weight excluding hydrogens is 828 g/mol. The van der Waals surface area contributed by atoms with Crippen molar-refractivity contribution in [3.05, 3.63) is 205 Å². The molecule has 0 atom stereocenters. The summed E-state index contributed by atoms with van der Waals surface area (Å²) in [4.78, 5) is 9.95. The third-order valence-corrected chi connectivity index (χ3v) is 12.1. The van der Waals surface area contributed by atoms with Crippen LogP contribution < -0.4 is 4.74 Å². The fourth-order valence-electron chi connectivity index (χ4n) is 8.90. The van der Waals surface area contributed by atoms with Gasteiger partial charge in [0.05, 0.1) is 28.0 Å². The lowest BCUT2D eigenvalue weighted by Gasteiger charge is -2.25. The second-order valence-corrected chi connectivity index (χ2v) is 17.5. The molecule has 0 fully saturated rings. The van der Waals surface area contributed by atoms with Crippen molar-refractivity contribution in [2.75, 3.05) is 0 Å². The molecule has 3 heterocycles. The van der Waals surface area contributed by atoms with E-state index in [0.29, 0.717) is 28.5 Å². The molecule has 0 aliphatic rings. The molecular formula is C58H40F3N3O2. The Morgan fingerprint density at radius 1 is 0.576 bits per heavy atom. The number of furan rings is 1. The van der Waals surface area contributed by atoms with Crippen LogP contribution in [0.25, 0.3) is 100 Å². The second-order valence-electron chi connectivity index (χ2n) is 17.5. The number of fused-ring (bicyclic) bond motifs is 5. The number of aromatic nitrogens is 3. The second kappa shape index (κ2) is 16.1. The maximum absolute atomic E-state index is 14.0. The van der Waals surface area contributed by atoms with E-state index >= 15 is 0 Å². The zero-order valence-corrected chi connectivity index (χ0v) is 36.2. The number of para-hydroxylation sites is 2. The van der Waals surface area contributed by atoms with Gasteiger partial charge in [-0.15, -0.1) is 0 Å². The Labute approximate surface area is 378 Å². The molecule has 320 valence electrons. The van der Waals surface area contributed by atoms with Crippen molar-refractivity contribution in [3.63, 3.8) is 0 Å². The van der Waals surface area contributed by atoms with Gasteiger partial charge in [-0.1, -0.05) is 124 Å². The molecule has 0 spiro atoms. The molecule has 8 aromatic carbocycles. The standard InChI is InChI=1S/C58H40F3N3O2/c1-58(2,3)48-31-40(35-12-5-4-6-13-35)25-26-51(48)64-52-18-8-7-17-50(52)63-57(64)47-34-44(65-43-15-11-14-41(29-43)49-16-9-10-27-62-49)33-46-45-30-39-24-23-38(28-42(39)32-53(45)66-55(46)47)36-19-21-37(22-20-36)54(59)56(60)61/h4-34H,1-3H3. The van der Waals surface area contributed by atoms with Crippen LogP contribution in [0.2, 0.25) is 0 Å². The van der Waals surface area contributed by atoms with E-state index in [-0.39, 0.29) is 11.0 Å². The van der Waals surface area contributed by atoms with E-state index in [4.69, 9.17) is 14.1 Å². The van der Waals surface area contributed by atoms with Crippen LogP contribution in [0.15, 0.2) is 199 Å². The van der Waals surface area contributed by atoms with Gasteiger partial charge in [0.1, 0.15) is 28.5 Å². The van der Waals surface area contributed by atoms with Crippen LogP contribution >= 0.6 is 0 Å². The number of hydrogen-bond donors (Lipinski definition) is 0. The Morgan fingerprint density at radius 3 is 2.09 bits per heavy atom. The van der Waals surface area contributed by atoms with Gasteiger partial charge in [-0.05, 0) is 123 Å². The number of imidazole rings is 1. The number of benzene rings is 8. The molecule has 11 aromatic rings. The summed E-state index contributed by atoms with van der Waals surface area (Å²) in [6.45, 7) is 6.71. The SMILES string of the molecule is CC(C)(C)c1cc(-c2ccccc2)ccc1-n1c(-c2cc(Oc3cccc(-c4ccccn4)c3)cc3c2oc2cc4cc(-c5ccc(C(F)=C(F)F)cc5)ccc4cc23)nc2ccccc21. The van der Waals surface area contributed by atoms with E-state index < -0.39 is 11.9 Å². The Hall–Kier alpha value is -8.23. The first-order chi connectivity index (χ1) is 32.1. The van der Waals surface area contributed by atoms with Gasteiger partial charge < -0.3 is 9.15 Å². The third-order valence-electron chi connectivity index (χ3n) is 12.1. The summed E-state index contributed by atoms with van der Waals surface area (Å²) < 4.78 is 56.0. The lowest BCUT2D eigenvalue weighted by molar-refractivity contribution is 0.410. The minimum atomic E-state index is -2.34. The van der Waals surface area contributed by atoms with Crippen molar-refractivity contribution in [1.29, 1.82) is 0 Å². The Balaban J connectivity index is 1.12. The van der Waals surface area contributed by atoms with E-state index in [0.717, 1.165) is 82.9 Å². The predicted octanol–water partition coefficient (Wildman–Crippen LogP) is 16.8. The molecule has 3 aromatic heterocycles. The minimum absolute atomic E-state index is 0.170. The molecule has 0 radical (unpaired) electrons. The maximum atomic E-state index is 14.0. The fraction of sp³-hybridized carbons (Fsp3) is 0.0690. The predicted molar refractivity (Wildman–Crippen MR) is 261 cm³/mol. The van der Waals surface area contributed by atoms with Gasteiger partial charge in [-0.25, -0.2) is 9.37 Å². The molecule has 66 heavy (non-hydrogen) atoms. The monoisotopic (exact) mass is 867 g/mol. The quantitative estimate of drug-likeness (QED) is 0.153. The van der Waals surface area contributed by atoms with Gasteiger partial charge in [-0.2, -0.15) is 8.78 Å². The minimum Gasteiger partial charge on any atom is -0.457 e. The molecule has 8 heteroatoms. The van der Waals surface area contributed by atoms with Crippen molar-refractivity contribution >= 4 is 49.6 Å². The van der Waals surface area contributed by atoms with Crippen LogP contribution in [0.4, 0.5) is 13.2 Å².